The maximum Gasteiger partial charge on any atom is 0.150 e. The highest BCUT2D eigenvalue weighted by molar-refractivity contribution is 5.57. The molecule has 0 radical (unpaired) electrons. The highest BCUT2D eigenvalue weighted by Gasteiger charge is 2.10. The molecule has 0 atom stereocenters. The Labute approximate surface area is 174 Å². The monoisotopic (exact) mass is 399 g/mol. The van der Waals surface area contributed by atoms with E-state index in [4.69, 9.17) is 31.4 Å². The maximum absolute atomic E-state index is 6.01. The van der Waals surface area contributed by atoms with E-state index in [0.717, 1.165) is 0 Å². The summed E-state index contributed by atoms with van der Waals surface area (Å²) in [4.78, 5) is 0. The third-order valence-electron chi connectivity index (χ3n) is 4.26. The summed E-state index contributed by atoms with van der Waals surface area (Å²) < 4.78 is 17.9. The SMILES string of the molecule is Nc1ccc(Oc2cc(Oc3ccccc3N)cc(Oc3ccccc3N)c2)cc1. The van der Waals surface area contributed by atoms with Crippen LogP contribution in [0.1, 0.15) is 0 Å². The van der Waals surface area contributed by atoms with Gasteiger partial charge in [0.2, 0.25) is 0 Å². The Bertz CT molecular complexity index is 1090. The molecule has 0 aliphatic rings. The van der Waals surface area contributed by atoms with Crippen LogP contribution in [0.15, 0.2) is 91.0 Å². The average Bonchev–Trinajstić information content (AvgIpc) is 2.73. The molecule has 0 aromatic heterocycles. The zero-order valence-corrected chi connectivity index (χ0v) is 16.1. The summed E-state index contributed by atoms with van der Waals surface area (Å²) in [5.74, 6) is 3.23. The summed E-state index contributed by atoms with van der Waals surface area (Å²) in [5.41, 5.74) is 19.5. The molecule has 0 spiro atoms. The van der Waals surface area contributed by atoms with Crippen LogP contribution < -0.4 is 31.4 Å². The molecule has 30 heavy (non-hydrogen) atoms. The van der Waals surface area contributed by atoms with Gasteiger partial charge in [0.1, 0.15) is 34.5 Å². The fourth-order valence-electron chi connectivity index (χ4n) is 2.80. The molecular formula is C24H21N3O3. The van der Waals surface area contributed by atoms with Gasteiger partial charge in [0.25, 0.3) is 0 Å². The predicted molar refractivity (Wildman–Crippen MR) is 119 cm³/mol. The second kappa shape index (κ2) is 8.36. The molecule has 0 saturated heterocycles. The number of anilines is 3. The number of nitrogen functional groups attached to an aromatic ring is 3. The maximum atomic E-state index is 6.01. The van der Waals surface area contributed by atoms with E-state index in [2.05, 4.69) is 0 Å². The Hall–Kier alpha value is -4.32. The molecule has 0 amide bonds. The first kappa shape index (κ1) is 19.0. The Morgan fingerprint density at radius 3 is 1.33 bits per heavy atom. The van der Waals surface area contributed by atoms with Gasteiger partial charge >= 0.3 is 0 Å². The van der Waals surface area contributed by atoms with Gasteiger partial charge in [0.05, 0.1) is 11.4 Å². The number of ether oxygens (including phenoxy) is 3. The molecular weight excluding hydrogens is 378 g/mol. The minimum Gasteiger partial charge on any atom is -0.457 e. The van der Waals surface area contributed by atoms with Crippen molar-refractivity contribution >= 4 is 17.1 Å². The molecule has 4 aromatic carbocycles. The standard InChI is InChI=1S/C24H21N3O3/c25-16-9-11-17(12-10-16)28-18-13-19(29-23-7-3-1-5-21(23)26)15-20(14-18)30-24-8-4-2-6-22(24)27/h1-15H,25-27H2. The first-order valence-corrected chi connectivity index (χ1v) is 9.30. The van der Waals surface area contributed by atoms with Crippen molar-refractivity contribution in [3.8, 4) is 34.5 Å². The number of para-hydroxylation sites is 4. The van der Waals surface area contributed by atoms with Crippen molar-refractivity contribution in [2.75, 3.05) is 17.2 Å². The predicted octanol–water partition coefficient (Wildman–Crippen LogP) is 5.81. The van der Waals surface area contributed by atoms with Crippen molar-refractivity contribution in [2.45, 2.75) is 0 Å². The van der Waals surface area contributed by atoms with Crippen molar-refractivity contribution in [1.82, 2.24) is 0 Å². The van der Waals surface area contributed by atoms with E-state index in [1.54, 1.807) is 66.7 Å². The van der Waals surface area contributed by atoms with Crippen LogP contribution in [0.2, 0.25) is 0 Å². The van der Waals surface area contributed by atoms with Gasteiger partial charge in [-0.3, -0.25) is 0 Å². The van der Waals surface area contributed by atoms with Crippen LogP contribution in [-0.2, 0) is 0 Å². The highest BCUT2D eigenvalue weighted by atomic mass is 16.5. The molecule has 0 unspecified atom stereocenters. The van der Waals surface area contributed by atoms with Crippen LogP contribution in [0, 0.1) is 0 Å². The van der Waals surface area contributed by atoms with E-state index in [1.165, 1.54) is 0 Å². The summed E-state index contributed by atoms with van der Waals surface area (Å²) >= 11 is 0. The van der Waals surface area contributed by atoms with Gasteiger partial charge in [0.15, 0.2) is 0 Å². The lowest BCUT2D eigenvalue weighted by Gasteiger charge is -2.14. The van der Waals surface area contributed by atoms with Crippen molar-refractivity contribution in [3.05, 3.63) is 91.0 Å². The van der Waals surface area contributed by atoms with Crippen LogP contribution in [0.3, 0.4) is 0 Å². The molecule has 150 valence electrons. The lowest BCUT2D eigenvalue weighted by Crippen LogP contribution is -1.95. The minimum absolute atomic E-state index is 0.505. The molecule has 0 aliphatic carbocycles. The molecule has 6 N–H and O–H groups in total. The van der Waals surface area contributed by atoms with Gasteiger partial charge in [-0.25, -0.2) is 0 Å². The lowest BCUT2D eigenvalue weighted by atomic mass is 10.2. The molecule has 0 heterocycles. The van der Waals surface area contributed by atoms with Gasteiger partial charge < -0.3 is 31.4 Å². The van der Waals surface area contributed by atoms with Crippen LogP contribution >= 0.6 is 0 Å². The number of hydrogen-bond donors (Lipinski definition) is 3. The summed E-state index contributed by atoms with van der Waals surface area (Å²) in [7, 11) is 0. The van der Waals surface area contributed by atoms with E-state index >= 15 is 0 Å². The van der Waals surface area contributed by atoms with Crippen molar-refractivity contribution in [1.29, 1.82) is 0 Å². The third-order valence-corrected chi connectivity index (χ3v) is 4.26. The van der Waals surface area contributed by atoms with Gasteiger partial charge in [-0.1, -0.05) is 24.3 Å². The summed E-state index contributed by atoms with van der Waals surface area (Å²) in [6, 6.07) is 26.9. The smallest absolute Gasteiger partial charge is 0.150 e. The fraction of sp³-hybridized carbons (Fsp3) is 0. The quantitative estimate of drug-likeness (QED) is 0.353. The highest BCUT2D eigenvalue weighted by Crippen LogP contribution is 2.37. The van der Waals surface area contributed by atoms with Crippen molar-refractivity contribution in [2.24, 2.45) is 0 Å². The zero-order chi connectivity index (χ0) is 20.9. The first-order chi connectivity index (χ1) is 14.6. The van der Waals surface area contributed by atoms with E-state index in [1.807, 2.05) is 24.3 Å². The van der Waals surface area contributed by atoms with Gasteiger partial charge in [-0.2, -0.15) is 0 Å². The molecule has 0 fully saturated rings. The minimum atomic E-state index is 0.505. The van der Waals surface area contributed by atoms with Crippen LogP contribution in [0.4, 0.5) is 17.1 Å². The van der Waals surface area contributed by atoms with Gasteiger partial charge in [-0.15, -0.1) is 0 Å². The first-order valence-electron chi connectivity index (χ1n) is 9.30. The molecule has 0 bridgehead atoms. The summed E-state index contributed by atoms with van der Waals surface area (Å²) in [5, 5.41) is 0. The van der Waals surface area contributed by atoms with Crippen LogP contribution in [0.25, 0.3) is 0 Å². The topological polar surface area (TPSA) is 106 Å². The lowest BCUT2D eigenvalue weighted by molar-refractivity contribution is 0.441. The normalized spacial score (nSPS) is 10.4. The largest absolute Gasteiger partial charge is 0.457 e. The second-order valence-corrected chi connectivity index (χ2v) is 6.59. The average molecular weight is 399 g/mol. The zero-order valence-electron chi connectivity index (χ0n) is 16.1. The van der Waals surface area contributed by atoms with E-state index in [-0.39, 0.29) is 0 Å². The van der Waals surface area contributed by atoms with Gasteiger partial charge in [0, 0.05) is 23.9 Å². The second-order valence-electron chi connectivity index (χ2n) is 6.59. The number of rotatable bonds is 6. The van der Waals surface area contributed by atoms with Crippen LogP contribution in [-0.4, -0.2) is 0 Å². The van der Waals surface area contributed by atoms with Crippen LogP contribution in [0.5, 0.6) is 34.5 Å². The number of nitrogens with two attached hydrogens (primary N) is 3. The molecule has 4 rings (SSSR count). The summed E-state index contributed by atoms with van der Waals surface area (Å²) in [6.45, 7) is 0. The number of hydrogen-bond acceptors (Lipinski definition) is 6. The number of benzene rings is 4. The summed E-state index contributed by atoms with van der Waals surface area (Å²) in [6.07, 6.45) is 0. The van der Waals surface area contributed by atoms with Crippen molar-refractivity contribution < 1.29 is 14.2 Å². The Morgan fingerprint density at radius 1 is 0.433 bits per heavy atom. The van der Waals surface area contributed by atoms with E-state index in [0.29, 0.717) is 51.6 Å². The Kier molecular flexibility index (Phi) is 5.30. The third kappa shape index (κ3) is 4.56. The van der Waals surface area contributed by atoms with Crippen molar-refractivity contribution in [3.63, 3.8) is 0 Å². The molecule has 4 aromatic rings. The molecule has 0 aliphatic heterocycles. The van der Waals surface area contributed by atoms with E-state index < -0.39 is 0 Å². The fourth-order valence-corrected chi connectivity index (χ4v) is 2.80. The van der Waals surface area contributed by atoms with Gasteiger partial charge in [-0.05, 0) is 48.5 Å². The van der Waals surface area contributed by atoms with E-state index in [9.17, 15) is 0 Å². The molecule has 6 nitrogen and oxygen atoms in total. The Balaban J connectivity index is 1.68. The Morgan fingerprint density at radius 2 is 0.867 bits per heavy atom. The molecule has 6 heteroatoms. The molecule has 0 saturated carbocycles.